The predicted molar refractivity (Wildman–Crippen MR) is 73.7 cm³/mol. The Morgan fingerprint density at radius 2 is 1.89 bits per heavy atom. The Kier molecular flexibility index (Phi) is 2.00. The summed E-state index contributed by atoms with van der Waals surface area (Å²) in [5.74, 6) is 0.893. The molecule has 0 amide bonds. The van der Waals surface area contributed by atoms with Gasteiger partial charge in [-0.25, -0.2) is 9.97 Å². The monoisotopic (exact) mass is 249 g/mol. The van der Waals surface area contributed by atoms with E-state index in [0.717, 1.165) is 27.7 Å². The van der Waals surface area contributed by atoms with Crippen LogP contribution in [0.4, 0.5) is 0 Å². The maximum atomic E-state index is 5.90. The molecular formula is C15H11N3O. The summed E-state index contributed by atoms with van der Waals surface area (Å²) in [4.78, 5) is 8.66. The van der Waals surface area contributed by atoms with Crippen LogP contribution in [-0.4, -0.2) is 14.5 Å². The molecule has 92 valence electrons. The van der Waals surface area contributed by atoms with E-state index in [9.17, 15) is 0 Å². The number of rotatable bonds is 1. The Hall–Kier alpha value is -2.62. The van der Waals surface area contributed by atoms with E-state index in [1.54, 1.807) is 12.4 Å². The first kappa shape index (κ1) is 10.3. The van der Waals surface area contributed by atoms with Gasteiger partial charge in [0.15, 0.2) is 0 Å². The number of benzene rings is 1. The van der Waals surface area contributed by atoms with E-state index in [-0.39, 0.29) is 0 Å². The second kappa shape index (κ2) is 3.68. The molecule has 3 aromatic heterocycles. The summed E-state index contributed by atoms with van der Waals surface area (Å²) in [6, 6.07) is 10.0. The third-order valence-electron chi connectivity index (χ3n) is 3.34. The minimum absolute atomic E-state index is 0.666. The maximum absolute atomic E-state index is 5.90. The SMILES string of the molecule is Cn1ccnc1-c1cccc2c1oc1ncccc12. The van der Waals surface area contributed by atoms with E-state index in [4.69, 9.17) is 4.42 Å². The molecule has 0 fully saturated rings. The molecule has 19 heavy (non-hydrogen) atoms. The summed E-state index contributed by atoms with van der Waals surface area (Å²) >= 11 is 0. The number of para-hydroxylation sites is 1. The minimum atomic E-state index is 0.666. The molecule has 0 bridgehead atoms. The summed E-state index contributed by atoms with van der Waals surface area (Å²) in [6.45, 7) is 0. The van der Waals surface area contributed by atoms with Crippen molar-refractivity contribution in [1.82, 2.24) is 14.5 Å². The molecule has 4 nitrogen and oxygen atoms in total. The van der Waals surface area contributed by atoms with E-state index in [1.165, 1.54) is 0 Å². The number of furan rings is 1. The van der Waals surface area contributed by atoms with Crippen LogP contribution in [0, 0.1) is 0 Å². The smallest absolute Gasteiger partial charge is 0.227 e. The molecule has 0 N–H and O–H groups in total. The Bertz CT molecular complexity index is 889. The molecule has 0 aliphatic heterocycles. The van der Waals surface area contributed by atoms with Crippen LogP contribution in [0.15, 0.2) is 53.3 Å². The van der Waals surface area contributed by atoms with Gasteiger partial charge in [0.2, 0.25) is 5.71 Å². The average molecular weight is 249 g/mol. The number of nitrogens with zero attached hydrogens (tertiary/aromatic N) is 3. The van der Waals surface area contributed by atoms with E-state index < -0.39 is 0 Å². The van der Waals surface area contributed by atoms with Crippen molar-refractivity contribution >= 4 is 22.1 Å². The summed E-state index contributed by atoms with van der Waals surface area (Å²) in [5, 5.41) is 2.11. The van der Waals surface area contributed by atoms with Gasteiger partial charge in [-0.1, -0.05) is 12.1 Å². The van der Waals surface area contributed by atoms with Crippen molar-refractivity contribution in [2.75, 3.05) is 0 Å². The summed E-state index contributed by atoms with van der Waals surface area (Å²) in [5.41, 5.74) is 2.49. The van der Waals surface area contributed by atoms with Crippen LogP contribution in [0.2, 0.25) is 0 Å². The molecule has 0 atom stereocenters. The molecule has 4 heteroatoms. The second-order valence-electron chi connectivity index (χ2n) is 4.50. The average Bonchev–Trinajstić information content (AvgIpc) is 3.02. The quantitative estimate of drug-likeness (QED) is 0.519. The van der Waals surface area contributed by atoms with E-state index >= 15 is 0 Å². The highest BCUT2D eigenvalue weighted by Gasteiger charge is 2.14. The Balaban J connectivity index is 2.15. The van der Waals surface area contributed by atoms with Gasteiger partial charge in [0.05, 0.1) is 5.56 Å². The van der Waals surface area contributed by atoms with Gasteiger partial charge in [-0.15, -0.1) is 0 Å². The van der Waals surface area contributed by atoms with Crippen molar-refractivity contribution in [3.63, 3.8) is 0 Å². The molecule has 1 aromatic carbocycles. The van der Waals surface area contributed by atoms with Crippen molar-refractivity contribution in [3.05, 3.63) is 48.9 Å². The topological polar surface area (TPSA) is 43.9 Å². The van der Waals surface area contributed by atoms with Gasteiger partial charge in [0.1, 0.15) is 11.4 Å². The fourth-order valence-electron chi connectivity index (χ4n) is 2.43. The first-order valence-corrected chi connectivity index (χ1v) is 6.08. The number of pyridine rings is 1. The van der Waals surface area contributed by atoms with Crippen molar-refractivity contribution in [3.8, 4) is 11.4 Å². The van der Waals surface area contributed by atoms with E-state index in [0.29, 0.717) is 5.71 Å². The van der Waals surface area contributed by atoms with Crippen LogP contribution in [0.25, 0.3) is 33.5 Å². The van der Waals surface area contributed by atoms with Gasteiger partial charge in [-0.05, 0) is 18.2 Å². The van der Waals surface area contributed by atoms with Gasteiger partial charge in [0.25, 0.3) is 0 Å². The molecule has 3 heterocycles. The molecule has 0 unspecified atom stereocenters. The molecule has 0 radical (unpaired) electrons. The lowest BCUT2D eigenvalue weighted by Crippen LogP contribution is -1.91. The van der Waals surface area contributed by atoms with Gasteiger partial charge in [-0.3, -0.25) is 0 Å². The largest absolute Gasteiger partial charge is 0.437 e. The van der Waals surface area contributed by atoms with Crippen LogP contribution in [-0.2, 0) is 7.05 Å². The van der Waals surface area contributed by atoms with Crippen molar-refractivity contribution < 1.29 is 4.42 Å². The summed E-state index contributed by atoms with van der Waals surface area (Å²) in [6.07, 6.45) is 5.45. The van der Waals surface area contributed by atoms with Gasteiger partial charge in [-0.2, -0.15) is 0 Å². The normalized spacial score (nSPS) is 11.4. The van der Waals surface area contributed by atoms with Crippen LogP contribution < -0.4 is 0 Å². The van der Waals surface area contributed by atoms with Gasteiger partial charge >= 0.3 is 0 Å². The highest BCUT2D eigenvalue weighted by molar-refractivity contribution is 6.07. The Morgan fingerprint density at radius 1 is 1.00 bits per heavy atom. The number of aromatic nitrogens is 3. The molecule has 0 saturated carbocycles. The summed E-state index contributed by atoms with van der Waals surface area (Å²) in [7, 11) is 1.97. The summed E-state index contributed by atoms with van der Waals surface area (Å²) < 4.78 is 7.88. The number of fused-ring (bicyclic) bond motifs is 3. The zero-order chi connectivity index (χ0) is 12.8. The first-order chi connectivity index (χ1) is 9.34. The third kappa shape index (κ3) is 1.40. The lowest BCUT2D eigenvalue weighted by atomic mass is 10.1. The van der Waals surface area contributed by atoms with Crippen molar-refractivity contribution in [1.29, 1.82) is 0 Å². The number of hydrogen-bond donors (Lipinski definition) is 0. The molecule has 0 saturated heterocycles. The third-order valence-corrected chi connectivity index (χ3v) is 3.34. The van der Waals surface area contributed by atoms with E-state index in [2.05, 4.69) is 16.0 Å². The van der Waals surface area contributed by atoms with Crippen LogP contribution in [0.3, 0.4) is 0 Å². The first-order valence-electron chi connectivity index (χ1n) is 6.08. The predicted octanol–water partition coefficient (Wildman–Crippen LogP) is 3.38. The lowest BCUT2D eigenvalue weighted by molar-refractivity contribution is 0.654. The van der Waals surface area contributed by atoms with Gasteiger partial charge in [0, 0.05) is 36.4 Å². The van der Waals surface area contributed by atoms with Crippen molar-refractivity contribution in [2.24, 2.45) is 7.05 Å². The molecule has 4 rings (SSSR count). The lowest BCUT2D eigenvalue weighted by Gasteiger charge is -2.02. The highest BCUT2D eigenvalue weighted by Crippen LogP contribution is 2.33. The molecular weight excluding hydrogens is 238 g/mol. The number of aryl methyl sites for hydroxylation is 1. The number of hydrogen-bond acceptors (Lipinski definition) is 3. The van der Waals surface area contributed by atoms with Gasteiger partial charge < -0.3 is 8.98 Å². The number of imidazole rings is 1. The standard InChI is InChI=1S/C15H11N3O/c1-18-9-8-16-14(18)12-5-2-4-10-11-6-3-7-17-15(11)19-13(10)12/h2-9H,1H3. The zero-order valence-electron chi connectivity index (χ0n) is 10.4. The fourth-order valence-corrected chi connectivity index (χ4v) is 2.43. The Morgan fingerprint density at radius 3 is 2.74 bits per heavy atom. The minimum Gasteiger partial charge on any atom is -0.437 e. The molecule has 4 aromatic rings. The maximum Gasteiger partial charge on any atom is 0.227 e. The Labute approximate surface area is 109 Å². The van der Waals surface area contributed by atoms with E-state index in [1.807, 2.05) is 42.1 Å². The van der Waals surface area contributed by atoms with Crippen LogP contribution in [0.5, 0.6) is 0 Å². The highest BCUT2D eigenvalue weighted by atomic mass is 16.3. The second-order valence-corrected chi connectivity index (χ2v) is 4.50. The molecule has 0 aliphatic carbocycles. The molecule has 0 aliphatic rings. The fraction of sp³-hybridized carbons (Fsp3) is 0.0667. The zero-order valence-corrected chi connectivity index (χ0v) is 10.4. The van der Waals surface area contributed by atoms with Crippen LogP contribution in [0.1, 0.15) is 0 Å². The van der Waals surface area contributed by atoms with Crippen LogP contribution >= 0.6 is 0 Å². The van der Waals surface area contributed by atoms with Crippen molar-refractivity contribution in [2.45, 2.75) is 0 Å². The molecule has 0 spiro atoms.